The molecule has 2 fully saturated rings. The van der Waals surface area contributed by atoms with E-state index in [-0.39, 0.29) is 18.0 Å². The minimum absolute atomic E-state index is 0.168. The first kappa shape index (κ1) is 18.2. The average Bonchev–Trinajstić information content (AvgIpc) is 3.18. The predicted octanol–water partition coefficient (Wildman–Crippen LogP) is 0.294. The lowest BCUT2D eigenvalue weighted by Crippen LogP contribution is -2.47. The van der Waals surface area contributed by atoms with E-state index in [1.807, 2.05) is 0 Å². The molecule has 142 valence electrons. The SMILES string of the molecule is CN1C[C@@H](NC(=O)N2CCCN(C(=O)c3ccco3)CC2)C[C@H]1C(=O)O. The highest BCUT2D eigenvalue weighted by molar-refractivity contribution is 5.91. The van der Waals surface area contributed by atoms with Crippen molar-refractivity contribution in [2.45, 2.75) is 24.9 Å². The largest absolute Gasteiger partial charge is 0.480 e. The van der Waals surface area contributed by atoms with Crippen LogP contribution in [0.4, 0.5) is 4.79 Å². The normalized spacial score (nSPS) is 24.3. The second-order valence-electron chi connectivity index (χ2n) is 6.79. The fourth-order valence-electron chi connectivity index (χ4n) is 3.54. The number of carboxylic acid groups (broad SMARTS) is 1. The molecule has 0 aliphatic carbocycles. The maximum absolute atomic E-state index is 12.5. The fraction of sp³-hybridized carbons (Fsp3) is 0.588. The molecule has 3 rings (SSSR count). The van der Waals surface area contributed by atoms with Crippen LogP contribution in [0.2, 0.25) is 0 Å². The second kappa shape index (κ2) is 7.77. The van der Waals surface area contributed by atoms with Crippen LogP contribution in [0.25, 0.3) is 0 Å². The Bertz CT molecular complexity index is 662. The molecule has 26 heavy (non-hydrogen) atoms. The van der Waals surface area contributed by atoms with Gasteiger partial charge in [0, 0.05) is 38.8 Å². The summed E-state index contributed by atoms with van der Waals surface area (Å²) in [5.74, 6) is -0.735. The number of nitrogens with one attached hydrogen (secondary N) is 1. The second-order valence-corrected chi connectivity index (χ2v) is 6.79. The molecule has 9 heteroatoms. The number of likely N-dealkylation sites (tertiary alicyclic amines) is 1. The molecule has 0 radical (unpaired) electrons. The molecular formula is C17H24N4O5. The van der Waals surface area contributed by atoms with Gasteiger partial charge in [-0.1, -0.05) is 0 Å². The number of urea groups is 1. The lowest BCUT2D eigenvalue weighted by Gasteiger charge is -2.24. The quantitative estimate of drug-likeness (QED) is 0.799. The highest BCUT2D eigenvalue weighted by Crippen LogP contribution is 2.17. The van der Waals surface area contributed by atoms with Crippen molar-refractivity contribution in [2.24, 2.45) is 0 Å². The smallest absolute Gasteiger partial charge is 0.320 e. The van der Waals surface area contributed by atoms with Crippen LogP contribution in [0, 0.1) is 0 Å². The summed E-state index contributed by atoms with van der Waals surface area (Å²) in [5.41, 5.74) is 0. The van der Waals surface area contributed by atoms with Crippen LogP contribution >= 0.6 is 0 Å². The Morgan fingerprint density at radius 2 is 1.92 bits per heavy atom. The van der Waals surface area contributed by atoms with Crippen molar-refractivity contribution in [3.05, 3.63) is 24.2 Å². The Morgan fingerprint density at radius 1 is 1.19 bits per heavy atom. The van der Waals surface area contributed by atoms with Gasteiger partial charge in [-0.25, -0.2) is 4.79 Å². The van der Waals surface area contributed by atoms with Crippen LogP contribution in [-0.2, 0) is 4.79 Å². The first-order valence-corrected chi connectivity index (χ1v) is 8.77. The van der Waals surface area contributed by atoms with Crippen LogP contribution < -0.4 is 5.32 Å². The van der Waals surface area contributed by atoms with Gasteiger partial charge in [-0.2, -0.15) is 0 Å². The summed E-state index contributed by atoms with van der Waals surface area (Å²) in [6.07, 6.45) is 2.55. The first-order valence-electron chi connectivity index (χ1n) is 8.77. The molecule has 2 N–H and O–H groups in total. The number of rotatable bonds is 3. The number of amides is 3. The van der Waals surface area contributed by atoms with E-state index in [2.05, 4.69) is 5.32 Å². The predicted molar refractivity (Wildman–Crippen MR) is 91.8 cm³/mol. The maximum atomic E-state index is 12.5. The summed E-state index contributed by atoms with van der Waals surface area (Å²) >= 11 is 0. The van der Waals surface area contributed by atoms with Crippen LogP contribution in [0.5, 0.6) is 0 Å². The highest BCUT2D eigenvalue weighted by atomic mass is 16.4. The molecule has 0 saturated carbocycles. The van der Waals surface area contributed by atoms with Crippen LogP contribution in [0.1, 0.15) is 23.4 Å². The molecule has 0 spiro atoms. The molecule has 2 saturated heterocycles. The molecule has 3 amide bonds. The van der Waals surface area contributed by atoms with Gasteiger partial charge >= 0.3 is 12.0 Å². The third-order valence-corrected chi connectivity index (χ3v) is 4.96. The van der Waals surface area contributed by atoms with E-state index in [0.29, 0.717) is 51.3 Å². The van der Waals surface area contributed by atoms with E-state index in [1.165, 1.54) is 6.26 Å². The Hall–Kier alpha value is -2.55. The number of carbonyl (C=O) groups excluding carboxylic acids is 2. The molecule has 1 aromatic heterocycles. The number of nitrogens with zero attached hydrogens (tertiary/aromatic N) is 3. The molecule has 2 aliphatic rings. The van der Waals surface area contributed by atoms with E-state index in [1.54, 1.807) is 33.9 Å². The average molecular weight is 364 g/mol. The first-order chi connectivity index (χ1) is 12.5. The van der Waals surface area contributed by atoms with Crippen LogP contribution in [0.3, 0.4) is 0 Å². The number of carboxylic acids is 1. The number of carbonyl (C=O) groups is 3. The van der Waals surface area contributed by atoms with E-state index in [9.17, 15) is 19.5 Å². The zero-order chi connectivity index (χ0) is 18.7. The van der Waals surface area contributed by atoms with Gasteiger partial charge in [-0.15, -0.1) is 0 Å². The minimum Gasteiger partial charge on any atom is -0.480 e. The lowest BCUT2D eigenvalue weighted by molar-refractivity contribution is -0.141. The van der Waals surface area contributed by atoms with E-state index < -0.39 is 12.0 Å². The Labute approximate surface area is 151 Å². The number of likely N-dealkylation sites (N-methyl/N-ethyl adjacent to an activating group) is 1. The van der Waals surface area contributed by atoms with Gasteiger partial charge in [0.1, 0.15) is 6.04 Å². The summed E-state index contributed by atoms with van der Waals surface area (Å²) in [6.45, 7) is 2.51. The lowest BCUT2D eigenvalue weighted by atomic mass is 10.2. The standard InChI is InChI=1S/C17H24N4O5/c1-19-11-12(10-13(19)16(23)24)18-17(25)21-6-3-5-20(7-8-21)15(22)14-4-2-9-26-14/h2,4,9,12-13H,3,5-8,10-11H2,1H3,(H,18,25)(H,23,24)/t12-,13-/m0/s1. The molecule has 0 bridgehead atoms. The van der Waals surface area contributed by atoms with Gasteiger partial charge in [0.25, 0.3) is 5.91 Å². The molecule has 2 atom stereocenters. The molecule has 0 unspecified atom stereocenters. The van der Waals surface area contributed by atoms with Crippen molar-refractivity contribution in [2.75, 3.05) is 39.8 Å². The zero-order valence-electron chi connectivity index (χ0n) is 14.8. The van der Waals surface area contributed by atoms with E-state index in [0.717, 1.165) is 0 Å². The third kappa shape index (κ3) is 3.98. The fourth-order valence-corrected chi connectivity index (χ4v) is 3.54. The van der Waals surface area contributed by atoms with E-state index in [4.69, 9.17) is 4.42 Å². The topological polar surface area (TPSA) is 106 Å². The summed E-state index contributed by atoms with van der Waals surface area (Å²) in [4.78, 5) is 41.2. The Morgan fingerprint density at radius 3 is 2.58 bits per heavy atom. The number of hydrogen-bond donors (Lipinski definition) is 2. The highest BCUT2D eigenvalue weighted by Gasteiger charge is 2.36. The summed E-state index contributed by atoms with van der Waals surface area (Å²) < 4.78 is 5.15. The van der Waals surface area contributed by atoms with Crippen molar-refractivity contribution in [1.82, 2.24) is 20.0 Å². The van der Waals surface area contributed by atoms with Crippen molar-refractivity contribution in [1.29, 1.82) is 0 Å². The molecule has 0 aromatic carbocycles. The van der Waals surface area contributed by atoms with Crippen molar-refractivity contribution >= 4 is 17.9 Å². The van der Waals surface area contributed by atoms with Crippen LogP contribution in [0.15, 0.2) is 22.8 Å². The Kier molecular flexibility index (Phi) is 5.46. The van der Waals surface area contributed by atoms with Crippen molar-refractivity contribution in [3.8, 4) is 0 Å². The monoisotopic (exact) mass is 364 g/mol. The molecule has 9 nitrogen and oxygen atoms in total. The molecular weight excluding hydrogens is 340 g/mol. The summed E-state index contributed by atoms with van der Waals surface area (Å²) in [5, 5.41) is 12.1. The van der Waals surface area contributed by atoms with Gasteiger partial charge in [0.2, 0.25) is 0 Å². The van der Waals surface area contributed by atoms with Crippen molar-refractivity contribution < 1.29 is 23.9 Å². The van der Waals surface area contributed by atoms with Gasteiger partial charge in [0.15, 0.2) is 5.76 Å². The number of hydrogen-bond acceptors (Lipinski definition) is 5. The summed E-state index contributed by atoms with van der Waals surface area (Å²) in [7, 11) is 1.75. The third-order valence-electron chi connectivity index (χ3n) is 4.96. The van der Waals surface area contributed by atoms with Gasteiger partial charge in [-0.3, -0.25) is 14.5 Å². The van der Waals surface area contributed by atoms with Gasteiger partial charge in [-0.05, 0) is 32.0 Å². The Balaban J connectivity index is 1.52. The molecule has 1 aromatic rings. The zero-order valence-corrected chi connectivity index (χ0v) is 14.8. The molecule has 3 heterocycles. The van der Waals surface area contributed by atoms with Gasteiger partial charge in [0.05, 0.1) is 6.26 Å². The van der Waals surface area contributed by atoms with Crippen molar-refractivity contribution in [3.63, 3.8) is 0 Å². The minimum atomic E-state index is -0.869. The maximum Gasteiger partial charge on any atom is 0.320 e. The van der Waals surface area contributed by atoms with E-state index >= 15 is 0 Å². The summed E-state index contributed by atoms with van der Waals surface area (Å²) in [6, 6.07) is 2.35. The number of furan rings is 1. The van der Waals surface area contributed by atoms with Gasteiger partial charge < -0.3 is 24.6 Å². The van der Waals surface area contributed by atoms with Crippen LogP contribution in [-0.4, -0.2) is 89.6 Å². The number of aliphatic carboxylic acids is 1. The molecule has 2 aliphatic heterocycles.